The van der Waals surface area contributed by atoms with Crippen molar-refractivity contribution in [2.24, 2.45) is 5.41 Å². The molecule has 0 bridgehead atoms. The first-order chi connectivity index (χ1) is 18.4. The monoisotopic (exact) mass is 600 g/mol. The zero-order valence-corrected chi connectivity index (χ0v) is 25.9. The first-order valence-electron chi connectivity index (χ1n) is 12.5. The second-order valence-corrected chi connectivity index (χ2v) is 12.8. The molecular weight excluding hydrogens is 556 g/mol. The van der Waals surface area contributed by atoms with Crippen molar-refractivity contribution in [3.63, 3.8) is 0 Å². The lowest BCUT2D eigenvalue weighted by molar-refractivity contribution is -0.320. The van der Waals surface area contributed by atoms with Crippen molar-refractivity contribution in [2.75, 3.05) is 26.4 Å². The van der Waals surface area contributed by atoms with Crippen molar-refractivity contribution in [1.29, 1.82) is 0 Å². The first-order valence-corrected chi connectivity index (χ1v) is 12.5. The van der Waals surface area contributed by atoms with Crippen molar-refractivity contribution in [3.05, 3.63) is 0 Å². The Morgan fingerprint density at radius 2 is 0.537 bits per heavy atom. The maximum absolute atomic E-state index is 12.2. The SMILES string of the molecule is CC(C)(C)OOC(=O)OCC(COC(=O)OOC(C)(C)C)(COC(=O)OOC(C)(C)C)COC(=O)OOC(C)(C)C. The Labute approximate surface area is 239 Å². The molecule has 240 valence electrons. The van der Waals surface area contributed by atoms with Crippen molar-refractivity contribution in [1.82, 2.24) is 0 Å². The molecule has 0 aromatic rings. The van der Waals surface area contributed by atoms with Gasteiger partial charge in [0.05, 0.1) is 0 Å². The summed E-state index contributed by atoms with van der Waals surface area (Å²) in [4.78, 5) is 86.6. The summed E-state index contributed by atoms with van der Waals surface area (Å²) in [5.74, 6) is 0. The van der Waals surface area contributed by atoms with Gasteiger partial charge >= 0.3 is 24.6 Å². The highest BCUT2D eigenvalue weighted by Gasteiger charge is 2.40. The van der Waals surface area contributed by atoms with Crippen LogP contribution in [0.5, 0.6) is 0 Å². The Kier molecular flexibility index (Phi) is 14.6. The van der Waals surface area contributed by atoms with Crippen LogP contribution in [0.4, 0.5) is 19.2 Å². The highest BCUT2D eigenvalue weighted by molar-refractivity contribution is 5.61. The van der Waals surface area contributed by atoms with E-state index in [9.17, 15) is 19.2 Å². The molecule has 0 spiro atoms. The number of hydrogen-bond donors (Lipinski definition) is 0. The second kappa shape index (κ2) is 15.8. The summed E-state index contributed by atoms with van der Waals surface area (Å²) >= 11 is 0. The smallest absolute Gasteiger partial charge is 0.431 e. The van der Waals surface area contributed by atoms with E-state index in [0.29, 0.717) is 0 Å². The van der Waals surface area contributed by atoms with Crippen LogP contribution in [0.1, 0.15) is 83.1 Å². The van der Waals surface area contributed by atoms with Crippen LogP contribution < -0.4 is 0 Å². The second-order valence-electron chi connectivity index (χ2n) is 12.8. The predicted octanol–water partition coefficient (Wildman–Crippen LogP) is 5.51. The number of rotatable bonds is 12. The van der Waals surface area contributed by atoms with Crippen LogP contribution in [-0.4, -0.2) is 73.5 Å². The third kappa shape index (κ3) is 22.3. The molecule has 0 aromatic carbocycles. The summed E-state index contributed by atoms with van der Waals surface area (Å²) in [6, 6.07) is 0. The molecule has 0 amide bonds. The van der Waals surface area contributed by atoms with Gasteiger partial charge in [-0.1, -0.05) is 0 Å². The van der Waals surface area contributed by atoms with Crippen LogP contribution in [0.25, 0.3) is 0 Å². The standard InChI is InChI=1S/C25H44O16/c1-21(2,3)38-34-17(26)30-13-25(14-31-18(27)35-39-22(4,5)6,15-32-19(28)36-40-23(7,8)9)16-33-20(29)37-41-24(10,11)12/h13-16H2,1-12H3. The first kappa shape index (κ1) is 37.9. The average molecular weight is 601 g/mol. The largest absolute Gasteiger partial charge is 0.540 e. The fourth-order valence-electron chi connectivity index (χ4n) is 1.83. The molecule has 16 nitrogen and oxygen atoms in total. The molecule has 0 radical (unpaired) electrons. The lowest BCUT2D eigenvalue weighted by Gasteiger charge is -2.30. The van der Waals surface area contributed by atoms with E-state index in [4.69, 9.17) is 38.5 Å². The fraction of sp³-hybridized carbons (Fsp3) is 0.840. The van der Waals surface area contributed by atoms with Gasteiger partial charge in [-0.2, -0.15) is 19.6 Å². The van der Waals surface area contributed by atoms with Crippen molar-refractivity contribution in [2.45, 2.75) is 105 Å². The maximum Gasteiger partial charge on any atom is 0.540 e. The third-order valence-electron chi connectivity index (χ3n) is 3.42. The summed E-state index contributed by atoms with van der Waals surface area (Å²) in [5.41, 5.74) is -5.24. The van der Waals surface area contributed by atoms with Crippen LogP contribution in [0, 0.1) is 5.41 Å². The van der Waals surface area contributed by atoms with Gasteiger partial charge in [0, 0.05) is 0 Å². The Morgan fingerprint density at radius 1 is 0.366 bits per heavy atom. The maximum atomic E-state index is 12.2. The van der Waals surface area contributed by atoms with Gasteiger partial charge in [-0.25, -0.2) is 19.2 Å². The van der Waals surface area contributed by atoms with Crippen molar-refractivity contribution < 1.29 is 77.2 Å². The molecule has 0 rings (SSSR count). The number of carbonyl (C=O) groups excluding carboxylic acids is 4. The van der Waals surface area contributed by atoms with Gasteiger partial charge in [0.1, 0.15) is 54.2 Å². The summed E-state index contributed by atoms with van der Waals surface area (Å²) in [5, 5.41) is 0. The van der Waals surface area contributed by atoms with Gasteiger partial charge < -0.3 is 18.9 Å². The van der Waals surface area contributed by atoms with Gasteiger partial charge in [0.2, 0.25) is 0 Å². The van der Waals surface area contributed by atoms with Crippen LogP contribution in [0.3, 0.4) is 0 Å². The molecule has 0 N–H and O–H groups in total. The van der Waals surface area contributed by atoms with E-state index in [1.165, 1.54) is 0 Å². The third-order valence-corrected chi connectivity index (χ3v) is 3.42. The van der Waals surface area contributed by atoms with E-state index in [1.807, 2.05) is 0 Å². The molecule has 0 atom stereocenters. The van der Waals surface area contributed by atoms with Gasteiger partial charge in [-0.15, -0.1) is 0 Å². The fourth-order valence-corrected chi connectivity index (χ4v) is 1.83. The number of carbonyl (C=O) groups is 4. The Bertz CT molecular complexity index is 700. The van der Waals surface area contributed by atoms with E-state index in [0.717, 1.165) is 0 Å². The highest BCUT2D eigenvalue weighted by Crippen LogP contribution is 2.23. The quantitative estimate of drug-likeness (QED) is 0.118. The minimum atomic E-state index is -1.77. The molecular formula is C25H44O16. The molecule has 0 heterocycles. The van der Waals surface area contributed by atoms with E-state index < -0.39 is 78.9 Å². The summed E-state index contributed by atoms with van der Waals surface area (Å²) in [7, 11) is 0. The van der Waals surface area contributed by atoms with Gasteiger partial charge in [0.25, 0.3) is 0 Å². The molecule has 16 heteroatoms. The topological polar surface area (TPSA) is 179 Å². The van der Waals surface area contributed by atoms with Crippen LogP contribution in [0.2, 0.25) is 0 Å². The zero-order valence-electron chi connectivity index (χ0n) is 25.9. The molecule has 0 saturated carbocycles. The van der Waals surface area contributed by atoms with Gasteiger partial charge in [0.15, 0.2) is 0 Å². The van der Waals surface area contributed by atoms with E-state index in [-0.39, 0.29) is 0 Å². The molecule has 0 saturated heterocycles. The Hall–Kier alpha value is -3.08. The van der Waals surface area contributed by atoms with Crippen molar-refractivity contribution in [3.8, 4) is 0 Å². The summed E-state index contributed by atoms with van der Waals surface area (Å²) in [6.07, 6.45) is -5.22. The molecule has 0 aromatic heterocycles. The number of hydrogen-bond acceptors (Lipinski definition) is 16. The van der Waals surface area contributed by atoms with Gasteiger partial charge in [-0.05, 0) is 83.1 Å². The van der Waals surface area contributed by atoms with Crippen molar-refractivity contribution >= 4 is 24.6 Å². The van der Waals surface area contributed by atoms with E-state index in [2.05, 4.69) is 19.6 Å². The Morgan fingerprint density at radius 3 is 0.683 bits per heavy atom. The molecule has 0 aliphatic carbocycles. The van der Waals surface area contributed by atoms with Gasteiger partial charge in [-0.3, -0.25) is 19.6 Å². The Balaban J connectivity index is 5.82. The lowest BCUT2D eigenvalue weighted by atomic mass is 9.92. The molecule has 0 unspecified atom stereocenters. The van der Waals surface area contributed by atoms with E-state index in [1.54, 1.807) is 83.1 Å². The summed E-state index contributed by atoms with van der Waals surface area (Å²) in [6.45, 7) is 16.5. The van der Waals surface area contributed by atoms with Crippen LogP contribution in [-0.2, 0) is 58.0 Å². The van der Waals surface area contributed by atoms with Crippen LogP contribution >= 0.6 is 0 Å². The highest BCUT2D eigenvalue weighted by atomic mass is 17.3. The predicted molar refractivity (Wildman–Crippen MR) is 136 cm³/mol. The minimum Gasteiger partial charge on any atom is -0.431 e. The minimum absolute atomic E-state index is 0.715. The zero-order chi connectivity index (χ0) is 32.1. The normalized spacial score (nSPS) is 12.6. The average Bonchev–Trinajstić information content (AvgIpc) is 2.81. The lowest BCUT2D eigenvalue weighted by Crippen LogP contribution is -2.44. The molecule has 0 fully saturated rings. The molecule has 0 aliphatic rings. The molecule has 41 heavy (non-hydrogen) atoms. The molecule has 0 aliphatic heterocycles. The summed E-state index contributed by atoms with van der Waals surface area (Å²) < 4.78 is 20.3. The van der Waals surface area contributed by atoms with Crippen LogP contribution in [0.15, 0.2) is 0 Å². The van der Waals surface area contributed by atoms with E-state index >= 15 is 0 Å². The number of ether oxygens (including phenoxy) is 4.